The smallest absolute Gasteiger partial charge is 0.262 e. The number of halogens is 1. The van der Waals surface area contributed by atoms with Crippen LogP contribution in [0.15, 0.2) is 36.4 Å². The minimum absolute atomic E-state index is 0.00555. The van der Waals surface area contributed by atoms with Crippen LogP contribution in [0.25, 0.3) is 0 Å². The second-order valence-electron chi connectivity index (χ2n) is 6.59. The van der Waals surface area contributed by atoms with E-state index >= 15 is 0 Å². The molecule has 0 aliphatic carbocycles. The van der Waals surface area contributed by atoms with Crippen LogP contribution < -0.4 is 26.0 Å². The van der Waals surface area contributed by atoms with Crippen molar-refractivity contribution in [3.8, 4) is 5.75 Å². The number of nitrogens with zero attached hydrogens (tertiary/aromatic N) is 1. The number of anilines is 3. The Kier molecular flexibility index (Phi) is 4.56. The molecule has 0 radical (unpaired) electrons. The van der Waals surface area contributed by atoms with E-state index in [2.05, 4.69) is 10.6 Å². The van der Waals surface area contributed by atoms with Gasteiger partial charge in [-0.05, 0) is 36.4 Å². The molecule has 8 nitrogen and oxygen atoms in total. The summed E-state index contributed by atoms with van der Waals surface area (Å²) in [5.41, 5.74) is 7.46. The van der Waals surface area contributed by atoms with Crippen molar-refractivity contribution in [3.05, 3.63) is 47.0 Å². The van der Waals surface area contributed by atoms with E-state index in [0.717, 1.165) is 0 Å². The van der Waals surface area contributed by atoms with Crippen LogP contribution in [0, 0.1) is 0 Å². The van der Waals surface area contributed by atoms with Crippen molar-refractivity contribution in [1.82, 2.24) is 0 Å². The maximum Gasteiger partial charge on any atom is 0.262 e. The van der Waals surface area contributed by atoms with Gasteiger partial charge in [-0.15, -0.1) is 0 Å². The van der Waals surface area contributed by atoms with Gasteiger partial charge in [0.15, 0.2) is 6.61 Å². The highest BCUT2D eigenvalue weighted by molar-refractivity contribution is 6.31. The lowest BCUT2D eigenvalue weighted by molar-refractivity contribution is -0.119. The maximum absolute atomic E-state index is 13.4. The number of hydrogen-bond donors (Lipinski definition) is 3. The van der Waals surface area contributed by atoms with Crippen LogP contribution in [0.4, 0.5) is 17.1 Å². The van der Waals surface area contributed by atoms with Crippen LogP contribution >= 0.6 is 11.6 Å². The highest BCUT2D eigenvalue weighted by Gasteiger charge is 2.33. The van der Waals surface area contributed by atoms with E-state index in [4.69, 9.17) is 22.1 Å². The Labute approximate surface area is 165 Å². The second-order valence-corrected chi connectivity index (χ2v) is 7.03. The van der Waals surface area contributed by atoms with E-state index in [1.807, 2.05) is 0 Å². The Morgan fingerprint density at radius 2 is 2.04 bits per heavy atom. The fourth-order valence-electron chi connectivity index (χ4n) is 3.40. The maximum atomic E-state index is 13.4. The molecule has 2 heterocycles. The number of benzene rings is 2. The molecule has 9 heteroatoms. The molecule has 2 aliphatic rings. The predicted molar refractivity (Wildman–Crippen MR) is 105 cm³/mol. The largest absolute Gasteiger partial charge is 0.482 e. The number of amides is 3. The monoisotopic (exact) mass is 400 g/mol. The van der Waals surface area contributed by atoms with Crippen molar-refractivity contribution in [3.63, 3.8) is 0 Å². The molecule has 0 saturated carbocycles. The number of fused-ring (bicyclic) bond motifs is 2. The van der Waals surface area contributed by atoms with Gasteiger partial charge in [0.1, 0.15) is 5.75 Å². The van der Waals surface area contributed by atoms with Crippen molar-refractivity contribution in [2.24, 2.45) is 5.73 Å². The minimum Gasteiger partial charge on any atom is -0.482 e. The third-order valence-electron chi connectivity index (χ3n) is 4.63. The van der Waals surface area contributed by atoms with E-state index in [-0.39, 0.29) is 24.8 Å². The van der Waals surface area contributed by atoms with Crippen LogP contribution in [0.5, 0.6) is 5.75 Å². The molecule has 0 spiro atoms. The summed E-state index contributed by atoms with van der Waals surface area (Å²) in [6.45, 7) is 0.291. The van der Waals surface area contributed by atoms with E-state index in [9.17, 15) is 14.4 Å². The van der Waals surface area contributed by atoms with Gasteiger partial charge in [0.2, 0.25) is 5.91 Å². The van der Waals surface area contributed by atoms with Crippen molar-refractivity contribution < 1.29 is 19.1 Å². The summed E-state index contributed by atoms with van der Waals surface area (Å²) in [5, 5.41) is 6.41. The molecule has 0 saturated heterocycles. The molecule has 144 valence electrons. The Hall–Kier alpha value is -3.26. The van der Waals surface area contributed by atoms with Gasteiger partial charge in [0.25, 0.3) is 11.8 Å². The number of hydrogen-bond acceptors (Lipinski definition) is 5. The first-order valence-corrected chi connectivity index (χ1v) is 9.02. The first-order chi connectivity index (χ1) is 13.4. The first kappa shape index (κ1) is 18.1. The van der Waals surface area contributed by atoms with Crippen molar-refractivity contribution in [2.45, 2.75) is 12.5 Å². The zero-order valence-electron chi connectivity index (χ0n) is 14.7. The molecule has 4 rings (SSSR count). The van der Waals surface area contributed by atoms with Gasteiger partial charge in [-0.1, -0.05) is 11.6 Å². The predicted octanol–water partition coefficient (Wildman–Crippen LogP) is 1.99. The molecule has 2 aromatic carbocycles. The number of carbonyl (C=O) groups is 3. The zero-order valence-corrected chi connectivity index (χ0v) is 15.5. The minimum atomic E-state index is -0.506. The van der Waals surface area contributed by atoms with Gasteiger partial charge < -0.3 is 26.0 Å². The van der Waals surface area contributed by atoms with Gasteiger partial charge >= 0.3 is 0 Å². The fraction of sp³-hybridized carbons (Fsp3) is 0.211. The first-order valence-electron chi connectivity index (χ1n) is 8.64. The van der Waals surface area contributed by atoms with Crippen LogP contribution in [-0.4, -0.2) is 36.9 Å². The summed E-state index contributed by atoms with van der Waals surface area (Å²) < 4.78 is 5.34. The standard InChI is InChI=1S/C19H17ClN4O4/c20-11-2-3-15-13(6-11)22-8-12(7-17(21)25)24(15)19(27)10-1-4-16-14(5-10)23-18(26)9-28-16/h1-6,12,22H,7-9H2,(H2,21,25)(H,23,26)/t12-/m0/s1. The van der Waals surface area contributed by atoms with E-state index < -0.39 is 11.9 Å². The Morgan fingerprint density at radius 1 is 1.21 bits per heavy atom. The average molecular weight is 401 g/mol. The lowest BCUT2D eigenvalue weighted by Gasteiger charge is -2.37. The number of nitrogens with two attached hydrogens (primary N) is 1. The number of primary amides is 1. The van der Waals surface area contributed by atoms with Crippen LogP contribution in [0.1, 0.15) is 16.8 Å². The van der Waals surface area contributed by atoms with Crippen molar-refractivity contribution in [2.75, 3.05) is 28.7 Å². The third-order valence-corrected chi connectivity index (χ3v) is 4.86. The molecule has 1 atom stereocenters. The van der Waals surface area contributed by atoms with Crippen LogP contribution in [0.3, 0.4) is 0 Å². The molecule has 0 bridgehead atoms. The van der Waals surface area contributed by atoms with Gasteiger partial charge in [0.05, 0.1) is 23.1 Å². The van der Waals surface area contributed by atoms with Gasteiger partial charge in [-0.25, -0.2) is 0 Å². The topological polar surface area (TPSA) is 114 Å². The summed E-state index contributed by atoms with van der Waals surface area (Å²) >= 11 is 6.06. The molecule has 3 amide bonds. The van der Waals surface area contributed by atoms with Crippen LogP contribution in [0.2, 0.25) is 5.02 Å². The van der Waals surface area contributed by atoms with E-state index in [1.54, 1.807) is 41.3 Å². The molecular weight excluding hydrogens is 384 g/mol. The quantitative estimate of drug-likeness (QED) is 0.729. The fourth-order valence-corrected chi connectivity index (χ4v) is 3.57. The summed E-state index contributed by atoms with van der Waals surface area (Å²) in [6, 6.07) is 9.48. The second kappa shape index (κ2) is 7.05. The zero-order chi connectivity index (χ0) is 19.8. The summed E-state index contributed by atoms with van der Waals surface area (Å²) in [5.74, 6) is -0.616. The van der Waals surface area contributed by atoms with Gasteiger partial charge in [-0.3, -0.25) is 14.4 Å². The van der Waals surface area contributed by atoms with Crippen LogP contribution in [-0.2, 0) is 9.59 Å². The molecule has 2 aliphatic heterocycles. The normalized spacial score (nSPS) is 17.5. The molecule has 0 fully saturated rings. The highest BCUT2D eigenvalue weighted by Crippen LogP contribution is 2.36. The number of nitrogens with one attached hydrogen (secondary N) is 2. The summed E-state index contributed by atoms with van der Waals surface area (Å²) in [7, 11) is 0. The molecule has 4 N–H and O–H groups in total. The van der Waals surface area contributed by atoms with Gasteiger partial charge in [-0.2, -0.15) is 0 Å². The SMILES string of the molecule is NC(=O)C[C@H]1CNc2cc(Cl)ccc2N1C(=O)c1ccc2c(c1)NC(=O)CO2. The molecule has 0 unspecified atom stereocenters. The molecule has 28 heavy (non-hydrogen) atoms. The van der Waals surface area contributed by atoms with Gasteiger partial charge in [0, 0.05) is 23.6 Å². The Bertz CT molecular complexity index is 994. The number of ether oxygens (including phenoxy) is 1. The lowest BCUT2D eigenvalue weighted by Crippen LogP contribution is -2.49. The molecular formula is C19H17ClN4O4. The van der Waals surface area contributed by atoms with Crippen molar-refractivity contribution in [1.29, 1.82) is 0 Å². The number of rotatable bonds is 3. The molecule has 0 aromatic heterocycles. The van der Waals surface area contributed by atoms with E-state index in [0.29, 0.717) is 39.9 Å². The lowest BCUT2D eigenvalue weighted by atomic mass is 10.0. The number of carbonyl (C=O) groups excluding carboxylic acids is 3. The Morgan fingerprint density at radius 3 is 2.82 bits per heavy atom. The highest BCUT2D eigenvalue weighted by atomic mass is 35.5. The van der Waals surface area contributed by atoms with E-state index in [1.165, 1.54) is 0 Å². The molecule has 2 aromatic rings. The third kappa shape index (κ3) is 3.34. The average Bonchev–Trinajstić information content (AvgIpc) is 2.66. The summed E-state index contributed by atoms with van der Waals surface area (Å²) in [4.78, 5) is 38.0. The van der Waals surface area contributed by atoms with Crippen molar-refractivity contribution >= 4 is 46.4 Å². The summed E-state index contributed by atoms with van der Waals surface area (Å²) in [6.07, 6.45) is 0.00555. The Balaban J connectivity index is 1.74.